The first kappa shape index (κ1) is 21.0. The Kier molecular flexibility index (Phi) is 7.26. The summed E-state index contributed by atoms with van der Waals surface area (Å²) < 4.78 is 27.9. The summed E-state index contributed by atoms with van der Waals surface area (Å²) in [6.45, 7) is 3.15. The maximum absolute atomic E-state index is 12.9. The first-order valence-corrected chi connectivity index (χ1v) is 12.3. The number of nitrogens with zero attached hydrogens (tertiary/aromatic N) is 1. The van der Waals surface area contributed by atoms with Gasteiger partial charge in [0, 0.05) is 24.7 Å². The molecule has 7 heteroatoms. The van der Waals surface area contributed by atoms with Gasteiger partial charge in [0.25, 0.3) is 15.9 Å². The van der Waals surface area contributed by atoms with Gasteiger partial charge in [0.1, 0.15) is 4.21 Å². The van der Waals surface area contributed by atoms with Gasteiger partial charge in [-0.15, -0.1) is 11.3 Å². The number of hydrogen-bond acceptors (Lipinski definition) is 4. The SMILES string of the molecule is CCCc1ccc(C(=O)NCCC2CCCCN2S(=O)(=O)c2cccs2)cc1. The number of carbonyl (C=O) groups excluding carboxylic acids is 1. The molecule has 0 bridgehead atoms. The van der Waals surface area contributed by atoms with E-state index < -0.39 is 10.0 Å². The molecular weight excluding hydrogens is 392 g/mol. The minimum atomic E-state index is -3.44. The Morgan fingerprint density at radius 1 is 1.21 bits per heavy atom. The number of aryl methyl sites for hydroxylation is 1. The van der Waals surface area contributed by atoms with Gasteiger partial charge in [-0.25, -0.2) is 8.42 Å². The van der Waals surface area contributed by atoms with Crippen LogP contribution >= 0.6 is 11.3 Å². The lowest BCUT2D eigenvalue weighted by Crippen LogP contribution is -2.44. The zero-order valence-corrected chi connectivity index (χ0v) is 17.9. The van der Waals surface area contributed by atoms with E-state index in [-0.39, 0.29) is 11.9 Å². The minimum Gasteiger partial charge on any atom is -0.352 e. The number of rotatable bonds is 8. The summed E-state index contributed by atoms with van der Waals surface area (Å²) in [4.78, 5) is 12.4. The van der Waals surface area contributed by atoms with Crippen molar-refractivity contribution in [1.82, 2.24) is 9.62 Å². The summed E-state index contributed by atoms with van der Waals surface area (Å²) in [7, 11) is -3.44. The predicted molar refractivity (Wildman–Crippen MR) is 113 cm³/mol. The number of nitrogens with one attached hydrogen (secondary N) is 1. The largest absolute Gasteiger partial charge is 0.352 e. The lowest BCUT2D eigenvalue weighted by molar-refractivity contribution is 0.0949. The number of carbonyl (C=O) groups is 1. The van der Waals surface area contributed by atoms with Crippen LogP contribution in [-0.2, 0) is 16.4 Å². The van der Waals surface area contributed by atoms with Crippen LogP contribution in [0.4, 0.5) is 0 Å². The van der Waals surface area contributed by atoms with Crippen LogP contribution in [0.25, 0.3) is 0 Å². The van der Waals surface area contributed by atoms with Crippen molar-refractivity contribution in [2.45, 2.75) is 55.7 Å². The molecule has 28 heavy (non-hydrogen) atoms. The fourth-order valence-corrected chi connectivity index (χ4v) is 6.51. The molecule has 0 saturated carbocycles. The van der Waals surface area contributed by atoms with Crippen molar-refractivity contribution in [2.24, 2.45) is 0 Å². The van der Waals surface area contributed by atoms with Crippen molar-refractivity contribution >= 4 is 27.3 Å². The van der Waals surface area contributed by atoms with E-state index in [1.165, 1.54) is 16.9 Å². The Labute approximate surface area is 171 Å². The van der Waals surface area contributed by atoms with Crippen molar-refractivity contribution in [1.29, 1.82) is 0 Å². The monoisotopic (exact) mass is 420 g/mol. The third-order valence-corrected chi connectivity index (χ3v) is 8.47. The molecule has 1 saturated heterocycles. The van der Waals surface area contributed by atoms with E-state index in [1.807, 2.05) is 24.3 Å². The Bertz CT molecular complexity index is 862. The maximum atomic E-state index is 12.9. The molecule has 3 rings (SSSR count). The third-order valence-electron chi connectivity index (χ3n) is 5.15. The molecule has 0 aliphatic carbocycles. The van der Waals surface area contributed by atoms with Crippen LogP contribution in [0.1, 0.15) is 54.9 Å². The van der Waals surface area contributed by atoms with Crippen molar-refractivity contribution in [3.63, 3.8) is 0 Å². The molecule has 2 heterocycles. The molecule has 5 nitrogen and oxygen atoms in total. The van der Waals surface area contributed by atoms with Gasteiger partial charge in [0.15, 0.2) is 0 Å². The van der Waals surface area contributed by atoms with Crippen molar-refractivity contribution in [3.8, 4) is 0 Å². The molecule has 0 spiro atoms. The molecule has 1 fully saturated rings. The highest BCUT2D eigenvalue weighted by Crippen LogP contribution is 2.29. The number of benzene rings is 1. The Hall–Kier alpha value is -1.70. The molecule has 152 valence electrons. The highest BCUT2D eigenvalue weighted by Gasteiger charge is 2.33. The molecule has 1 aromatic carbocycles. The first-order chi connectivity index (χ1) is 13.5. The third kappa shape index (κ3) is 5.01. The minimum absolute atomic E-state index is 0.0620. The van der Waals surface area contributed by atoms with Crippen molar-refractivity contribution in [3.05, 3.63) is 52.9 Å². The zero-order valence-electron chi connectivity index (χ0n) is 16.3. The molecule has 1 N–H and O–H groups in total. The highest BCUT2D eigenvalue weighted by atomic mass is 32.2. The van der Waals surface area contributed by atoms with E-state index in [0.29, 0.717) is 29.3 Å². The maximum Gasteiger partial charge on any atom is 0.252 e. The second-order valence-corrected chi connectivity index (χ2v) is 10.3. The predicted octanol–water partition coefficient (Wildman–Crippen LogP) is 4.06. The lowest BCUT2D eigenvalue weighted by atomic mass is 10.0. The number of amides is 1. The number of hydrogen-bond donors (Lipinski definition) is 1. The average molecular weight is 421 g/mol. The van der Waals surface area contributed by atoms with E-state index in [2.05, 4.69) is 12.2 Å². The van der Waals surface area contributed by atoms with Crippen molar-refractivity contribution < 1.29 is 13.2 Å². The van der Waals surface area contributed by atoms with Gasteiger partial charge in [-0.05, 0) is 54.8 Å². The Morgan fingerprint density at radius 3 is 2.68 bits per heavy atom. The van der Waals surface area contributed by atoms with Gasteiger partial charge in [-0.3, -0.25) is 4.79 Å². The molecule has 1 aliphatic rings. The average Bonchev–Trinajstić information content (AvgIpc) is 3.25. The van der Waals surface area contributed by atoms with E-state index in [1.54, 1.807) is 21.8 Å². The van der Waals surface area contributed by atoms with Crippen LogP contribution in [0.5, 0.6) is 0 Å². The summed E-state index contributed by atoms with van der Waals surface area (Å²) in [6, 6.07) is 11.1. The molecule has 1 unspecified atom stereocenters. The zero-order chi connectivity index (χ0) is 20.0. The van der Waals surface area contributed by atoms with Crippen LogP contribution in [0.2, 0.25) is 0 Å². The van der Waals surface area contributed by atoms with E-state index in [9.17, 15) is 13.2 Å². The second kappa shape index (κ2) is 9.67. The topological polar surface area (TPSA) is 66.5 Å². The van der Waals surface area contributed by atoms with Gasteiger partial charge >= 0.3 is 0 Å². The quantitative estimate of drug-likeness (QED) is 0.700. The summed E-state index contributed by atoms with van der Waals surface area (Å²) in [6.07, 6.45) is 5.47. The smallest absolute Gasteiger partial charge is 0.252 e. The van der Waals surface area contributed by atoms with E-state index >= 15 is 0 Å². The normalized spacial score (nSPS) is 18.1. The lowest BCUT2D eigenvalue weighted by Gasteiger charge is -2.34. The number of thiophene rings is 1. The van der Waals surface area contributed by atoms with Gasteiger partial charge < -0.3 is 5.32 Å². The van der Waals surface area contributed by atoms with E-state index in [0.717, 1.165) is 32.1 Å². The van der Waals surface area contributed by atoms with Gasteiger partial charge in [-0.2, -0.15) is 4.31 Å². The second-order valence-electron chi connectivity index (χ2n) is 7.19. The van der Waals surface area contributed by atoms with Gasteiger partial charge in [-0.1, -0.05) is 38.0 Å². The number of piperidine rings is 1. The molecular formula is C21H28N2O3S2. The Morgan fingerprint density at radius 2 is 2.00 bits per heavy atom. The number of sulfonamides is 1. The van der Waals surface area contributed by atoms with Crippen molar-refractivity contribution in [2.75, 3.05) is 13.1 Å². The summed E-state index contributed by atoms with van der Waals surface area (Å²) in [5.74, 6) is -0.105. The van der Waals surface area contributed by atoms with Crippen LogP contribution in [0.15, 0.2) is 46.0 Å². The molecule has 1 aromatic heterocycles. The molecule has 1 amide bonds. The van der Waals surface area contributed by atoms with Crippen LogP contribution < -0.4 is 5.32 Å². The molecule has 1 atom stereocenters. The molecule has 2 aromatic rings. The first-order valence-electron chi connectivity index (χ1n) is 9.95. The van der Waals surface area contributed by atoms with Crippen LogP contribution in [0, 0.1) is 0 Å². The highest BCUT2D eigenvalue weighted by molar-refractivity contribution is 7.91. The Balaban J connectivity index is 1.57. The molecule has 0 radical (unpaired) electrons. The fourth-order valence-electron chi connectivity index (χ4n) is 3.67. The van der Waals surface area contributed by atoms with Gasteiger partial charge in [0.2, 0.25) is 0 Å². The van der Waals surface area contributed by atoms with E-state index in [4.69, 9.17) is 0 Å². The van der Waals surface area contributed by atoms with Crippen LogP contribution in [-0.4, -0.2) is 37.8 Å². The fraction of sp³-hybridized carbons (Fsp3) is 0.476. The standard InChI is InChI=1S/C21H28N2O3S2/c1-2-6-17-9-11-18(12-10-17)21(24)22-14-13-19-7-3-4-15-23(19)28(25,26)20-8-5-16-27-20/h5,8-12,16,19H,2-4,6-7,13-15H2,1H3,(H,22,24). The summed E-state index contributed by atoms with van der Waals surface area (Å²) in [5, 5.41) is 4.74. The van der Waals surface area contributed by atoms with Crippen LogP contribution in [0.3, 0.4) is 0 Å². The summed E-state index contributed by atoms with van der Waals surface area (Å²) >= 11 is 1.26. The summed E-state index contributed by atoms with van der Waals surface area (Å²) in [5.41, 5.74) is 1.88. The van der Waals surface area contributed by atoms with Gasteiger partial charge in [0.05, 0.1) is 0 Å². The molecule has 1 aliphatic heterocycles.